The Morgan fingerprint density at radius 3 is 2.55 bits per heavy atom. The van der Waals surface area contributed by atoms with Crippen LogP contribution in [-0.4, -0.2) is 54.7 Å². The molecule has 1 aliphatic heterocycles. The van der Waals surface area contributed by atoms with E-state index in [1.807, 2.05) is 38.4 Å². The van der Waals surface area contributed by atoms with E-state index in [-0.39, 0.29) is 5.54 Å². The Morgan fingerprint density at radius 2 is 1.97 bits per heavy atom. The molecule has 2 aromatic rings. The normalized spacial score (nSPS) is 17.5. The molecule has 0 amide bonds. The summed E-state index contributed by atoms with van der Waals surface area (Å²) in [5.74, 6) is 0.955. The SMILES string of the molecule is CC/C=C(\C(N)=BN(C)c1ccccc1)N1CCN(Cc2cc(Br)c(Br)o2)CC1(C)C. The molecule has 5 nitrogen and oxygen atoms in total. The summed E-state index contributed by atoms with van der Waals surface area (Å²) in [6, 6.07) is 12.3. The van der Waals surface area contributed by atoms with Gasteiger partial charge in [0.25, 0.3) is 0 Å². The molecule has 1 aromatic heterocycles. The molecule has 8 heteroatoms. The average Bonchev–Trinajstić information content (AvgIpc) is 3.03. The van der Waals surface area contributed by atoms with Crippen LogP contribution in [0.2, 0.25) is 0 Å². The molecule has 0 unspecified atom stereocenters. The van der Waals surface area contributed by atoms with Gasteiger partial charge in [0.2, 0.25) is 0 Å². The second-order valence-electron chi connectivity index (χ2n) is 8.54. The first-order valence-corrected chi connectivity index (χ1v) is 12.2. The van der Waals surface area contributed by atoms with Crippen LogP contribution in [-0.2, 0) is 6.54 Å². The van der Waals surface area contributed by atoms with Crippen LogP contribution in [0.4, 0.5) is 5.69 Å². The second kappa shape index (κ2) is 10.4. The number of benzene rings is 1. The number of allylic oxidation sites excluding steroid dienone is 1. The zero-order valence-corrected chi connectivity index (χ0v) is 21.9. The van der Waals surface area contributed by atoms with Crippen molar-refractivity contribution in [3.8, 4) is 0 Å². The molecule has 1 aliphatic rings. The van der Waals surface area contributed by atoms with Gasteiger partial charge in [0.05, 0.1) is 0 Å². The minimum atomic E-state index is -0.0654. The number of nitrogens with two attached hydrogens (primary N) is 1. The molecular formula is C23H31BBr2N4O. The Morgan fingerprint density at radius 1 is 1.26 bits per heavy atom. The molecule has 31 heavy (non-hydrogen) atoms. The van der Waals surface area contributed by atoms with E-state index >= 15 is 0 Å². The van der Waals surface area contributed by atoms with Gasteiger partial charge in [0.1, 0.15) is 0 Å². The minimum absolute atomic E-state index is 0.0654. The Kier molecular flexibility index (Phi) is 8.11. The number of hydrogen-bond donors (Lipinski definition) is 1. The summed E-state index contributed by atoms with van der Waals surface area (Å²) in [6.45, 7) is 10.3. The van der Waals surface area contributed by atoms with Gasteiger partial charge < -0.3 is 0 Å². The molecule has 1 fully saturated rings. The van der Waals surface area contributed by atoms with Crippen molar-refractivity contribution < 1.29 is 4.42 Å². The zero-order chi connectivity index (χ0) is 22.6. The Labute approximate surface area is 203 Å². The summed E-state index contributed by atoms with van der Waals surface area (Å²) in [5.41, 5.74) is 9.58. The van der Waals surface area contributed by atoms with Crippen molar-refractivity contribution in [1.29, 1.82) is 0 Å². The molecule has 0 aliphatic carbocycles. The van der Waals surface area contributed by atoms with Crippen LogP contribution in [0.25, 0.3) is 0 Å². The van der Waals surface area contributed by atoms with Crippen LogP contribution in [0, 0.1) is 0 Å². The van der Waals surface area contributed by atoms with E-state index in [4.69, 9.17) is 10.2 Å². The number of para-hydroxylation sites is 1. The number of halogens is 2. The van der Waals surface area contributed by atoms with Crippen molar-refractivity contribution in [3.05, 3.63) is 63.1 Å². The molecule has 0 bridgehead atoms. The van der Waals surface area contributed by atoms with Gasteiger partial charge in [-0.1, -0.05) is 0 Å². The summed E-state index contributed by atoms with van der Waals surface area (Å²) in [6.07, 6.45) is 3.17. The number of piperazine rings is 1. The predicted molar refractivity (Wildman–Crippen MR) is 138 cm³/mol. The molecule has 0 radical (unpaired) electrons. The molecule has 0 saturated carbocycles. The van der Waals surface area contributed by atoms with Crippen LogP contribution >= 0.6 is 31.9 Å². The van der Waals surface area contributed by atoms with Crippen LogP contribution in [0.5, 0.6) is 0 Å². The number of anilines is 1. The standard InChI is InChI=1S/C23H31BBr2N4O/c1-5-9-20(21(27)24-28(4)17-10-7-6-8-11-17)30-13-12-29(16-23(30,2)3)15-18-14-19(25)22(26)31-18/h6-11,14H,5,12-13,15-16,27H2,1-4H3/b20-9+. The molecule has 1 aromatic carbocycles. The Bertz CT molecular complexity index is 923. The van der Waals surface area contributed by atoms with Crippen LogP contribution in [0.15, 0.2) is 61.7 Å². The topological polar surface area (TPSA) is 48.9 Å². The van der Waals surface area contributed by atoms with E-state index in [1.165, 1.54) is 0 Å². The quantitative estimate of drug-likeness (QED) is 0.501. The van der Waals surface area contributed by atoms with Gasteiger partial charge in [-0.25, -0.2) is 0 Å². The predicted octanol–water partition coefficient (Wildman–Crippen LogP) is 4.84. The average molecular weight is 550 g/mol. The summed E-state index contributed by atoms with van der Waals surface area (Å²) in [7, 11) is 4.06. The third-order valence-electron chi connectivity index (χ3n) is 5.54. The maximum absolute atomic E-state index is 6.64. The van der Waals surface area contributed by atoms with Crippen molar-refractivity contribution >= 4 is 50.2 Å². The van der Waals surface area contributed by atoms with Gasteiger partial charge in [-0.15, -0.1) is 0 Å². The monoisotopic (exact) mass is 548 g/mol. The number of furan rings is 1. The van der Waals surface area contributed by atoms with Gasteiger partial charge >= 0.3 is 204 Å². The zero-order valence-electron chi connectivity index (χ0n) is 18.7. The first-order chi connectivity index (χ1) is 14.7. The number of rotatable bonds is 7. The molecule has 2 N–H and O–H groups in total. The van der Waals surface area contributed by atoms with Gasteiger partial charge in [0, 0.05) is 0 Å². The van der Waals surface area contributed by atoms with E-state index < -0.39 is 0 Å². The van der Waals surface area contributed by atoms with Crippen molar-refractivity contribution in [3.63, 3.8) is 0 Å². The molecule has 2 heterocycles. The van der Waals surface area contributed by atoms with Crippen LogP contribution in [0.1, 0.15) is 33.0 Å². The molecule has 166 valence electrons. The van der Waals surface area contributed by atoms with E-state index in [1.54, 1.807) is 0 Å². The summed E-state index contributed by atoms with van der Waals surface area (Å²) < 4.78 is 7.49. The van der Waals surface area contributed by atoms with Gasteiger partial charge in [-0.05, 0) is 0 Å². The summed E-state index contributed by atoms with van der Waals surface area (Å²) >= 11 is 6.93. The summed E-state index contributed by atoms with van der Waals surface area (Å²) in [4.78, 5) is 6.97. The third-order valence-corrected chi connectivity index (χ3v) is 7.25. The molecule has 0 atom stereocenters. The van der Waals surface area contributed by atoms with Crippen molar-refractivity contribution in [1.82, 2.24) is 9.80 Å². The summed E-state index contributed by atoms with van der Waals surface area (Å²) in [5, 5.41) is 0. The Balaban J connectivity index is 1.75. The molecule has 0 spiro atoms. The maximum atomic E-state index is 6.64. The van der Waals surface area contributed by atoms with Gasteiger partial charge in [0.15, 0.2) is 0 Å². The van der Waals surface area contributed by atoms with E-state index in [9.17, 15) is 0 Å². The van der Waals surface area contributed by atoms with Crippen LogP contribution < -0.4 is 10.5 Å². The van der Waals surface area contributed by atoms with Gasteiger partial charge in [-0.2, -0.15) is 0 Å². The molecular weight excluding hydrogens is 519 g/mol. The molecule has 1 saturated heterocycles. The van der Waals surface area contributed by atoms with Gasteiger partial charge in [-0.3, -0.25) is 0 Å². The number of hydrogen-bond acceptors (Lipinski definition) is 5. The Hall–Kier alpha value is -1.51. The van der Waals surface area contributed by atoms with Crippen molar-refractivity contribution in [2.45, 2.75) is 39.3 Å². The van der Waals surface area contributed by atoms with E-state index in [0.29, 0.717) is 0 Å². The van der Waals surface area contributed by atoms with Crippen molar-refractivity contribution in [2.24, 2.45) is 5.73 Å². The fraction of sp³-hybridized carbons (Fsp3) is 0.435. The third kappa shape index (κ3) is 6.05. The van der Waals surface area contributed by atoms with E-state index in [2.05, 4.69) is 85.5 Å². The van der Waals surface area contributed by atoms with Crippen LogP contribution in [0.3, 0.4) is 0 Å². The number of nitrogens with zero attached hydrogens (tertiary/aromatic N) is 3. The second-order valence-corrected chi connectivity index (χ2v) is 10.1. The first kappa shape index (κ1) is 24.1. The van der Waals surface area contributed by atoms with E-state index in [0.717, 1.165) is 64.5 Å². The van der Waals surface area contributed by atoms with Crippen molar-refractivity contribution in [2.75, 3.05) is 31.5 Å². The first-order valence-electron chi connectivity index (χ1n) is 10.6. The fourth-order valence-corrected chi connectivity index (χ4v) is 4.78. The fourth-order valence-electron chi connectivity index (χ4n) is 4.12. The molecule has 3 rings (SSSR count).